The highest BCUT2D eigenvalue weighted by atomic mass is 35.5. The molecule has 1 atom stereocenters. The van der Waals surface area contributed by atoms with Crippen LogP contribution in [0.5, 0.6) is 0 Å². The largest absolute Gasteiger partial charge is 0.297 e. The van der Waals surface area contributed by atoms with Crippen LogP contribution in [-0.2, 0) is 4.79 Å². The van der Waals surface area contributed by atoms with Crippen LogP contribution in [0.2, 0.25) is 0 Å². The van der Waals surface area contributed by atoms with Gasteiger partial charge in [-0.1, -0.05) is 35.9 Å². The van der Waals surface area contributed by atoms with Gasteiger partial charge in [0.05, 0.1) is 17.7 Å². The first-order valence-electron chi connectivity index (χ1n) is 6.58. The molecule has 0 bridgehead atoms. The normalized spacial score (nSPS) is 20.5. The van der Waals surface area contributed by atoms with Crippen molar-refractivity contribution in [3.05, 3.63) is 58.7 Å². The van der Waals surface area contributed by atoms with E-state index in [0.717, 1.165) is 4.90 Å². The van der Waals surface area contributed by atoms with Crippen LogP contribution >= 0.6 is 11.6 Å². The van der Waals surface area contributed by atoms with Crippen LogP contribution in [0.15, 0.2) is 47.5 Å². The minimum Gasteiger partial charge on any atom is -0.297 e. The number of benzene rings is 1. The Morgan fingerprint density at radius 1 is 1.19 bits per heavy atom. The molecule has 1 unspecified atom stereocenters. The van der Waals surface area contributed by atoms with E-state index in [2.05, 4.69) is 0 Å². The van der Waals surface area contributed by atoms with Crippen molar-refractivity contribution >= 4 is 29.2 Å². The molecule has 0 N–H and O–H groups in total. The summed E-state index contributed by atoms with van der Waals surface area (Å²) in [6.45, 7) is -0.217. The second kappa shape index (κ2) is 5.30. The van der Waals surface area contributed by atoms with E-state index in [1.165, 1.54) is 0 Å². The van der Waals surface area contributed by atoms with Crippen molar-refractivity contribution in [1.29, 1.82) is 0 Å². The van der Waals surface area contributed by atoms with E-state index in [0.29, 0.717) is 22.6 Å². The van der Waals surface area contributed by atoms with Gasteiger partial charge in [-0.2, -0.15) is 0 Å². The van der Waals surface area contributed by atoms with Gasteiger partial charge in [-0.05, 0) is 24.6 Å². The lowest BCUT2D eigenvalue weighted by Crippen LogP contribution is -2.37. The van der Waals surface area contributed by atoms with Gasteiger partial charge in [0.15, 0.2) is 5.78 Å². The topological polar surface area (TPSA) is 54.5 Å². The Morgan fingerprint density at radius 3 is 2.38 bits per heavy atom. The first-order chi connectivity index (χ1) is 10.1. The highest BCUT2D eigenvalue weighted by Crippen LogP contribution is 2.25. The summed E-state index contributed by atoms with van der Waals surface area (Å²) >= 11 is 5.91. The molecule has 1 aromatic carbocycles. The van der Waals surface area contributed by atoms with E-state index >= 15 is 0 Å². The fourth-order valence-corrected chi connectivity index (χ4v) is 2.76. The second-order valence-corrected chi connectivity index (χ2v) is 5.50. The second-order valence-electron chi connectivity index (χ2n) is 5.02. The fraction of sp³-hybridized carbons (Fsp3) is 0.188. The van der Waals surface area contributed by atoms with Crippen molar-refractivity contribution in [3.63, 3.8) is 0 Å². The Balaban J connectivity index is 1.77. The maximum atomic E-state index is 12.3. The molecule has 0 saturated carbocycles. The molecule has 0 spiro atoms. The van der Waals surface area contributed by atoms with Crippen molar-refractivity contribution in [2.45, 2.75) is 6.42 Å². The third-order valence-corrected chi connectivity index (χ3v) is 3.92. The average molecular weight is 302 g/mol. The minimum absolute atomic E-state index is 0.188. The quantitative estimate of drug-likeness (QED) is 0.806. The Hall–Kier alpha value is -2.20. The zero-order valence-electron chi connectivity index (χ0n) is 11.1. The molecule has 5 heteroatoms. The van der Waals surface area contributed by atoms with E-state index in [1.54, 1.807) is 42.5 Å². The number of carbonyl (C=O) groups excluding carboxylic acids is 3. The SMILES string of the molecule is O=C(CN1C(=O)c2ccccc2C1=O)C1C=CC=C(Cl)C1. The number of halogens is 1. The third-order valence-electron chi connectivity index (χ3n) is 3.64. The van der Waals surface area contributed by atoms with Crippen molar-refractivity contribution in [2.75, 3.05) is 6.54 Å². The van der Waals surface area contributed by atoms with Crippen LogP contribution in [0.4, 0.5) is 0 Å². The van der Waals surface area contributed by atoms with Crippen LogP contribution in [0.1, 0.15) is 27.1 Å². The number of imide groups is 1. The average Bonchev–Trinajstić information content (AvgIpc) is 2.73. The van der Waals surface area contributed by atoms with Gasteiger partial charge in [-0.25, -0.2) is 0 Å². The van der Waals surface area contributed by atoms with Crippen molar-refractivity contribution in [2.24, 2.45) is 5.92 Å². The third kappa shape index (κ3) is 2.43. The summed E-state index contributed by atoms with van der Waals surface area (Å²) in [5, 5.41) is 0.596. The zero-order chi connectivity index (χ0) is 15.0. The predicted molar refractivity (Wildman–Crippen MR) is 78.0 cm³/mol. The Morgan fingerprint density at radius 2 is 1.81 bits per heavy atom. The minimum atomic E-state index is -0.412. The Kier molecular flexibility index (Phi) is 3.47. The van der Waals surface area contributed by atoms with Crippen LogP contribution in [0, 0.1) is 5.92 Å². The molecule has 1 aromatic rings. The number of hydrogen-bond donors (Lipinski definition) is 0. The first kappa shape index (κ1) is 13.8. The van der Waals surface area contributed by atoms with E-state index in [4.69, 9.17) is 11.6 Å². The van der Waals surface area contributed by atoms with Crippen molar-refractivity contribution in [1.82, 2.24) is 4.90 Å². The molecular formula is C16H12ClNO3. The number of amides is 2. The predicted octanol–water partition coefficient (Wildman–Crippen LogP) is 2.55. The van der Waals surface area contributed by atoms with Gasteiger partial charge in [-0.15, -0.1) is 0 Å². The molecule has 0 saturated heterocycles. The van der Waals surface area contributed by atoms with E-state index in [1.807, 2.05) is 0 Å². The molecule has 2 aliphatic rings. The molecule has 0 fully saturated rings. The lowest BCUT2D eigenvalue weighted by atomic mass is 9.95. The van der Waals surface area contributed by atoms with Gasteiger partial charge in [0.2, 0.25) is 0 Å². The number of fused-ring (bicyclic) bond motifs is 1. The number of nitrogens with zero attached hydrogens (tertiary/aromatic N) is 1. The molecule has 4 nitrogen and oxygen atoms in total. The number of Topliss-reactive ketones (excluding diaryl/α,β-unsaturated/α-hetero) is 1. The van der Waals surface area contributed by atoms with Crippen LogP contribution < -0.4 is 0 Å². The highest BCUT2D eigenvalue weighted by Gasteiger charge is 2.37. The molecule has 106 valence electrons. The number of rotatable bonds is 3. The maximum Gasteiger partial charge on any atom is 0.261 e. The summed E-state index contributed by atoms with van der Waals surface area (Å²) in [5.41, 5.74) is 0.708. The van der Waals surface area contributed by atoms with E-state index in [-0.39, 0.29) is 18.2 Å². The van der Waals surface area contributed by atoms with E-state index in [9.17, 15) is 14.4 Å². The summed E-state index contributed by atoms with van der Waals surface area (Å²) < 4.78 is 0. The van der Waals surface area contributed by atoms with Gasteiger partial charge in [0.25, 0.3) is 11.8 Å². The molecule has 1 aliphatic heterocycles. The summed E-state index contributed by atoms with van der Waals surface area (Å²) in [6, 6.07) is 6.59. The molecule has 0 aromatic heterocycles. The standard InChI is InChI=1S/C16H12ClNO3/c17-11-5-3-4-10(8-11)14(19)9-18-15(20)12-6-1-2-7-13(12)16(18)21/h1-7,10H,8-9H2. The molecule has 1 aliphatic carbocycles. The summed E-state index contributed by atoms with van der Waals surface area (Å²) in [6.07, 6.45) is 5.61. The molecule has 0 radical (unpaired) electrons. The maximum absolute atomic E-state index is 12.3. The number of hydrogen-bond acceptors (Lipinski definition) is 3. The van der Waals surface area contributed by atoms with Gasteiger partial charge < -0.3 is 0 Å². The molecular weight excluding hydrogens is 290 g/mol. The smallest absolute Gasteiger partial charge is 0.261 e. The molecule has 2 amide bonds. The first-order valence-corrected chi connectivity index (χ1v) is 6.96. The van der Waals surface area contributed by atoms with Gasteiger partial charge in [0.1, 0.15) is 0 Å². The summed E-state index contributed by atoms with van der Waals surface area (Å²) in [5.74, 6) is -1.39. The monoisotopic (exact) mass is 301 g/mol. The molecule has 1 heterocycles. The Bertz CT molecular complexity index is 670. The van der Waals surface area contributed by atoms with Crippen LogP contribution in [0.25, 0.3) is 0 Å². The summed E-state index contributed by atoms with van der Waals surface area (Å²) in [4.78, 5) is 37.6. The molecule has 3 rings (SSSR count). The zero-order valence-corrected chi connectivity index (χ0v) is 11.8. The number of allylic oxidation sites excluding steroid dienone is 4. The van der Waals surface area contributed by atoms with Gasteiger partial charge in [0, 0.05) is 11.0 Å². The lowest BCUT2D eigenvalue weighted by Gasteiger charge is -2.18. The van der Waals surface area contributed by atoms with Crippen molar-refractivity contribution < 1.29 is 14.4 Å². The fourth-order valence-electron chi connectivity index (χ4n) is 2.52. The van der Waals surface area contributed by atoms with Crippen molar-refractivity contribution in [3.8, 4) is 0 Å². The van der Waals surface area contributed by atoms with Gasteiger partial charge in [-0.3, -0.25) is 19.3 Å². The lowest BCUT2D eigenvalue weighted by molar-refractivity contribution is -0.121. The number of ketones is 1. The molecule has 21 heavy (non-hydrogen) atoms. The summed E-state index contributed by atoms with van der Waals surface area (Å²) in [7, 11) is 0. The highest BCUT2D eigenvalue weighted by molar-refractivity contribution is 6.30. The van der Waals surface area contributed by atoms with Crippen LogP contribution in [0.3, 0.4) is 0 Å². The Labute approximate surface area is 126 Å². The van der Waals surface area contributed by atoms with E-state index < -0.39 is 11.8 Å². The number of carbonyl (C=O) groups is 3. The van der Waals surface area contributed by atoms with Crippen LogP contribution in [-0.4, -0.2) is 29.0 Å². The van der Waals surface area contributed by atoms with Gasteiger partial charge >= 0.3 is 0 Å².